The number of halogens is 6. The van der Waals surface area contributed by atoms with Crippen molar-refractivity contribution >= 4 is 37.6 Å². The molecule has 0 fully saturated rings. The Hall–Kier alpha value is -2.13. The standard InChI is InChI=1S/C13H10F6N2O5S2/c1-28(23,24)25-5-4-21-8-3-2-7(26-13(17,18)19)6-9(8)27-11(21)20-10(22)12(14,15)16/h2-3,6H,4-5H2,1H3. The number of alkyl halides is 6. The summed E-state index contributed by atoms with van der Waals surface area (Å²) in [4.78, 5) is 13.6. The van der Waals surface area contributed by atoms with E-state index in [4.69, 9.17) is 0 Å². The number of nitrogens with zero attached hydrogens (tertiary/aromatic N) is 2. The van der Waals surface area contributed by atoms with Gasteiger partial charge in [0.2, 0.25) is 0 Å². The average molecular weight is 452 g/mol. The molecule has 0 saturated heterocycles. The minimum Gasteiger partial charge on any atom is -0.406 e. The normalized spacial score (nSPS) is 13.9. The Morgan fingerprint density at radius 3 is 2.39 bits per heavy atom. The van der Waals surface area contributed by atoms with Crippen LogP contribution in [-0.2, 0) is 25.6 Å². The predicted molar refractivity (Wildman–Crippen MR) is 83.9 cm³/mol. The van der Waals surface area contributed by atoms with Crippen LogP contribution in [0, 0.1) is 0 Å². The van der Waals surface area contributed by atoms with Gasteiger partial charge in [0.25, 0.3) is 10.1 Å². The van der Waals surface area contributed by atoms with Crippen LogP contribution >= 0.6 is 11.3 Å². The lowest BCUT2D eigenvalue weighted by atomic mass is 10.3. The third-order valence-electron chi connectivity index (χ3n) is 2.94. The molecule has 2 rings (SSSR count). The first-order valence-corrected chi connectivity index (χ1v) is 9.68. The van der Waals surface area contributed by atoms with Crippen LogP contribution in [0.2, 0.25) is 0 Å². The van der Waals surface area contributed by atoms with Gasteiger partial charge in [0.1, 0.15) is 5.75 Å². The Morgan fingerprint density at radius 1 is 1.21 bits per heavy atom. The smallest absolute Gasteiger partial charge is 0.406 e. The third kappa shape index (κ3) is 6.20. The summed E-state index contributed by atoms with van der Waals surface area (Å²) in [6, 6.07) is 2.91. The Morgan fingerprint density at radius 2 is 1.86 bits per heavy atom. The maximum absolute atomic E-state index is 12.5. The number of carbonyl (C=O) groups is 1. The molecule has 28 heavy (non-hydrogen) atoms. The largest absolute Gasteiger partial charge is 0.573 e. The zero-order valence-electron chi connectivity index (χ0n) is 13.7. The molecule has 0 aliphatic rings. The van der Waals surface area contributed by atoms with E-state index in [1.165, 1.54) is 0 Å². The van der Waals surface area contributed by atoms with Gasteiger partial charge >= 0.3 is 18.4 Å². The van der Waals surface area contributed by atoms with Crippen molar-refractivity contribution in [2.75, 3.05) is 12.9 Å². The molecule has 1 heterocycles. The number of ether oxygens (including phenoxy) is 1. The van der Waals surface area contributed by atoms with Crippen LogP contribution in [0.4, 0.5) is 26.3 Å². The first-order valence-electron chi connectivity index (χ1n) is 7.05. The van der Waals surface area contributed by atoms with Gasteiger partial charge < -0.3 is 9.30 Å². The van der Waals surface area contributed by atoms with E-state index in [2.05, 4.69) is 13.9 Å². The fraction of sp³-hybridized carbons (Fsp3) is 0.385. The second-order valence-electron chi connectivity index (χ2n) is 5.15. The number of hydrogen-bond acceptors (Lipinski definition) is 6. The molecule has 156 valence electrons. The summed E-state index contributed by atoms with van der Waals surface area (Å²) in [6.45, 7) is -0.838. The first-order chi connectivity index (χ1) is 12.7. The molecule has 2 aromatic rings. The molecule has 1 aromatic carbocycles. The van der Waals surface area contributed by atoms with E-state index in [0.717, 1.165) is 29.0 Å². The van der Waals surface area contributed by atoms with Crippen LogP contribution in [0.1, 0.15) is 0 Å². The zero-order chi connectivity index (χ0) is 21.3. The van der Waals surface area contributed by atoms with Crippen molar-refractivity contribution in [2.24, 2.45) is 4.99 Å². The molecule has 0 spiro atoms. The second kappa shape index (κ2) is 7.71. The summed E-state index contributed by atoms with van der Waals surface area (Å²) in [5.74, 6) is -3.06. The van der Waals surface area contributed by atoms with Gasteiger partial charge in [0.05, 0.1) is 29.6 Å². The molecule has 0 bridgehead atoms. The highest BCUT2D eigenvalue weighted by molar-refractivity contribution is 7.85. The van der Waals surface area contributed by atoms with Gasteiger partial charge in [-0.1, -0.05) is 11.3 Å². The van der Waals surface area contributed by atoms with E-state index in [1.54, 1.807) is 0 Å². The molecule has 0 unspecified atom stereocenters. The minimum absolute atomic E-state index is 0.0230. The Kier molecular flexibility index (Phi) is 6.10. The summed E-state index contributed by atoms with van der Waals surface area (Å²) < 4.78 is 106. The van der Waals surface area contributed by atoms with E-state index in [9.17, 15) is 39.6 Å². The molecule has 0 N–H and O–H groups in total. The molecule has 0 atom stereocenters. The van der Waals surface area contributed by atoms with Crippen molar-refractivity contribution in [1.29, 1.82) is 0 Å². The molecule has 0 saturated carbocycles. The molecular formula is C13H10F6N2O5S2. The van der Waals surface area contributed by atoms with E-state index in [0.29, 0.717) is 11.3 Å². The van der Waals surface area contributed by atoms with Crippen molar-refractivity contribution in [1.82, 2.24) is 4.57 Å². The van der Waals surface area contributed by atoms with Crippen LogP contribution in [-0.4, -0.2) is 44.3 Å². The number of fused-ring (bicyclic) bond motifs is 1. The molecule has 0 aliphatic carbocycles. The fourth-order valence-electron chi connectivity index (χ4n) is 1.98. The van der Waals surface area contributed by atoms with E-state index in [1.807, 2.05) is 0 Å². The van der Waals surface area contributed by atoms with Crippen LogP contribution in [0.3, 0.4) is 0 Å². The molecule has 1 aromatic heterocycles. The van der Waals surface area contributed by atoms with Crippen LogP contribution in [0.5, 0.6) is 5.75 Å². The second-order valence-corrected chi connectivity index (χ2v) is 7.81. The van der Waals surface area contributed by atoms with Gasteiger partial charge in [-0.05, 0) is 18.2 Å². The zero-order valence-corrected chi connectivity index (χ0v) is 15.3. The van der Waals surface area contributed by atoms with Crippen LogP contribution in [0.15, 0.2) is 23.2 Å². The Balaban J connectivity index is 2.53. The summed E-state index contributed by atoms with van der Waals surface area (Å²) >= 11 is 0.490. The van der Waals surface area contributed by atoms with Gasteiger partial charge in [-0.2, -0.15) is 26.6 Å². The van der Waals surface area contributed by atoms with Gasteiger partial charge in [-0.15, -0.1) is 13.2 Å². The van der Waals surface area contributed by atoms with Crippen molar-refractivity contribution in [3.63, 3.8) is 0 Å². The van der Waals surface area contributed by atoms with Crippen LogP contribution < -0.4 is 9.54 Å². The van der Waals surface area contributed by atoms with Crippen molar-refractivity contribution < 1.29 is 48.5 Å². The number of aromatic nitrogens is 1. The highest BCUT2D eigenvalue weighted by Crippen LogP contribution is 2.28. The number of thiazole rings is 1. The summed E-state index contributed by atoms with van der Waals surface area (Å²) in [5, 5.41) is 0. The lowest BCUT2D eigenvalue weighted by Crippen LogP contribution is -2.26. The van der Waals surface area contributed by atoms with E-state index >= 15 is 0 Å². The molecular weight excluding hydrogens is 442 g/mol. The van der Waals surface area contributed by atoms with Gasteiger partial charge in [0.15, 0.2) is 4.80 Å². The fourth-order valence-corrected chi connectivity index (χ4v) is 3.44. The Bertz CT molecular complexity index is 1050. The van der Waals surface area contributed by atoms with Crippen LogP contribution in [0.25, 0.3) is 10.2 Å². The summed E-state index contributed by atoms with van der Waals surface area (Å²) in [5.41, 5.74) is 0.102. The minimum atomic E-state index is -5.26. The molecule has 15 heteroatoms. The number of hydrogen-bond donors (Lipinski definition) is 0. The van der Waals surface area contributed by atoms with Crippen molar-refractivity contribution in [3.05, 3.63) is 23.0 Å². The quantitative estimate of drug-likeness (QED) is 0.514. The Labute approximate surface area is 156 Å². The van der Waals surface area contributed by atoms with Crippen molar-refractivity contribution in [3.8, 4) is 5.75 Å². The molecule has 0 radical (unpaired) electrons. The first kappa shape index (κ1) is 22.2. The predicted octanol–water partition coefficient (Wildman–Crippen LogP) is 2.57. The van der Waals surface area contributed by atoms with E-state index in [-0.39, 0.29) is 16.8 Å². The number of benzene rings is 1. The van der Waals surface area contributed by atoms with Gasteiger partial charge in [-0.25, -0.2) is 0 Å². The topological polar surface area (TPSA) is 87.0 Å². The lowest BCUT2D eigenvalue weighted by Gasteiger charge is -2.09. The summed E-state index contributed by atoms with van der Waals surface area (Å²) in [6.07, 6.45) is -9.49. The highest BCUT2D eigenvalue weighted by atomic mass is 32.2. The monoisotopic (exact) mass is 452 g/mol. The van der Waals surface area contributed by atoms with Crippen molar-refractivity contribution in [2.45, 2.75) is 19.1 Å². The molecule has 1 amide bonds. The van der Waals surface area contributed by atoms with Gasteiger partial charge in [0, 0.05) is 0 Å². The maximum atomic E-state index is 12.5. The summed E-state index contributed by atoms with van der Waals surface area (Å²) in [7, 11) is -3.85. The average Bonchev–Trinajstić information content (AvgIpc) is 2.80. The van der Waals surface area contributed by atoms with Gasteiger partial charge in [-0.3, -0.25) is 8.98 Å². The number of rotatable bonds is 5. The SMILES string of the molecule is CS(=O)(=O)OCCn1c(=NC(=O)C(F)(F)F)sc2cc(OC(F)(F)F)ccc21. The maximum Gasteiger partial charge on any atom is 0.573 e. The number of carbonyl (C=O) groups excluding carboxylic acids is 1. The third-order valence-corrected chi connectivity index (χ3v) is 4.58. The number of amides is 1. The molecule has 7 nitrogen and oxygen atoms in total. The molecule has 0 aliphatic heterocycles. The highest BCUT2D eigenvalue weighted by Gasteiger charge is 2.38. The van der Waals surface area contributed by atoms with E-state index < -0.39 is 45.7 Å². The lowest BCUT2D eigenvalue weighted by molar-refractivity contribution is -0.274.